The Morgan fingerprint density at radius 3 is 2.93 bits per heavy atom. The lowest BCUT2D eigenvalue weighted by molar-refractivity contribution is -0.141. The lowest BCUT2D eigenvalue weighted by atomic mass is 10.0. The van der Waals surface area contributed by atoms with Gasteiger partial charge in [0.1, 0.15) is 5.82 Å². The lowest BCUT2D eigenvalue weighted by Crippen LogP contribution is -2.17. The number of halogens is 2. The number of nitrogens with two attached hydrogens (primary N) is 1. The molecule has 2 N–H and O–H groups in total. The number of ether oxygens (including phenoxy) is 1. The van der Waals surface area contributed by atoms with Crippen LogP contribution in [0.1, 0.15) is 18.0 Å². The number of carbonyl (C=O) groups excluding carboxylic acids is 1. The van der Waals surface area contributed by atoms with Crippen LogP contribution in [0.2, 0.25) is 5.02 Å². The Hall–Kier alpha value is -1.13. The highest BCUT2D eigenvalue weighted by Crippen LogP contribution is 2.22. The van der Waals surface area contributed by atoms with Gasteiger partial charge >= 0.3 is 5.97 Å². The molecule has 0 fully saturated rings. The summed E-state index contributed by atoms with van der Waals surface area (Å²) in [4.78, 5) is 10.9. The van der Waals surface area contributed by atoms with Crippen molar-refractivity contribution in [2.24, 2.45) is 5.73 Å². The molecule has 0 aliphatic heterocycles. The fourth-order valence-corrected chi connectivity index (χ4v) is 1.35. The predicted octanol–water partition coefficient (Wildman–Crippen LogP) is 2.04. The van der Waals surface area contributed by atoms with Crippen molar-refractivity contribution in [1.29, 1.82) is 0 Å². The van der Waals surface area contributed by atoms with Gasteiger partial charge in [-0.15, -0.1) is 0 Å². The van der Waals surface area contributed by atoms with Crippen molar-refractivity contribution in [3.05, 3.63) is 34.6 Å². The Balaban J connectivity index is 2.85. The number of hydrogen-bond acceptors (Lipinski definition) is 3. The van der Waals surface area contributed by atoms with E-state index in [-0.39, 0.29) is 12.0 Å². The van der Waals surface area contributed by atoms with E-state index in [4.69, 9.17) is 17.3 Å². The van der Waals surface area contributed by atoms with Crippen molar-refractivity contribution in [3.63, 3.8) is 0 Å². The van der Waals surface area contributed by atoms with Gasteiger partial charge in [0.25, 0.3) is 0 Å². The van der Waals surface area contributed by atoms with E-state index < -0.39 is 17.8 Å². The molecule has 0 spiro atoms. The van der Waals surface area contributed by atoms with Gasteiger partial charge in [-0.1, -0.05) is 11.6 Å². The van der Waals surface area contributed by atoms with Crippen molar-refractivity contribution < 1.29 is 13.9 Å². The first kappa shape index (κ1) is 11.9. The summed E-state index contributed by atoms with van der Waals surface area (Å²) in [7, 11) is 1.25. The number of methoxy groups -OCH3 is 1. The van der Waals surface area contributed by atoms with Crippen LogP contribution in [0.5, 0.6) is 0 Å². The number of benzene rings is 1. The summed E-state index contributed by atoms with van der Waals surface area (Å²) >= 11 is 5.69. The molecular weight excluding hydrogens is 221 g/mol. The van der Waals surface area contributed by atoms with E-state index in [0.29, 0.717) is 5.02 Å². The smallest absolute Gasteiger partial charge is 0.307 e. The number of rotatable bonds is 3. The molecule has 0 saturated heterocycles. The van der Waals surface area contributed by atoms with E-state index >= 15 is 0 Å². The third kappa shape index (κ3) is 3.18. The van der Waals surface area contributed by atoms with E-state index in [0.717, 1.165) is 0 Å². The number of carbonyl (C=O) groups is 1. The van der Waals surface area contributed by atoms with Crippen molar-refractivity contribution in [2.75, 3.05) is 7.11 Å². The molecule has 0 aliphatic carbocycles. The van der Waals surface area contributed by atoms with Crippen LogP contribution >= 0.6 is 11.6 Å². The zero-order valence-corrected chi connectivity index (χ0v) is 8.92. The van der Waals surface area contributed by atoms with Gasteiger partial charge in [0.2, 0.25) is 0 Å². The van der Waals surface area contributed by atoms with Crippen LogP contribution in [-0.4, -0.2) is 13.1 Å². The van der Waals surface area contributed by atoms with Gasteiger partial charge in [0, 0.05) is 16.6 Å². The van der Waals surface area contributed by atoms with Crippen molar-refractivity contribution in [2.45, 2.75) is 12.5 Å². The first-order valence-corrected chi connectivity index (χ1v) is 4.69. The third-order valence-corrected chi connectivity index (χ3v) is 2.21. The molecule has 1 aromatic rings. The molecule has 0 radical (unpaired) electrons. The zero-order valence-electron chi connectivity index (χ0n) is 8.17. The van der Waals surface area contributed by atoms with Gasteiger partial charge in [-0.25, -0.2) is 4.39 Å². The van der Waals surface area contributed by atoms with Crippen LogP contribution in [0, 0.1) is 5.82 Å². The van der Waals surface area contributed by atoms with Gasteiger partial charge in [0.05, 0.1) is 13.5 Å². The molecule has 0 unspecified atom stereocenters. The van der Waals surface area contributed by atoms with Crippen molar-refractivity contribution >= 4 is 17.6 Å². The topological polar surface area (TPSA) is 52.3 Å². The van der Waals surface area contributed by atoms with E-state index in [1.165, 1.54) is 25.3 Å². The molecule has 0 saturated carbocycles. The summed E-state index contributed by atoms with van der Waals surface area (Å²) in [5, 5.41) is 0.381. The Morgan fingerprint density at radius 2 is 2.33 bits per heavy atom. The third-order valence-electron chi connectivity index (χ3n) is 1.97. The summed E-state index contributed by atoms with van der Waals surface area (Å²) in [6.45, 7) is 0. The fourth-order valence-electron chi connectivity index (χ4n) is 1.17. The Bertz CT molecular complexity index is 370. The summed E-state index contributed by atoms with van der Waals surface area (Å²) in [6.07, 6.45) is -0.0756. The second-order valence-electron chi connectivity index (χ2n) is 3.05. The molecule has 82 valence electrons. The molecule has 1 aromatic carbocycles. The maximum Gasteiger partial charge on any atom is 0.307 e. The minimum absolute atomic E-state index is 0.0756. The van der Waals surface area contributed by atoms with Crippen LogP contribution < -0.4 is 5.73 Å². The summed E-state index contributed by atoms with van der Waals surface area (Å²) in [6, 6.07) is 3.31. The van der Waals surface area contributed by atoms with E-state index in [1.807, 2.05) is 0 Å². The average molecular weight is 232 g/mol. The summed E-state index contributed by atoms with van der Waals surface area (Å²) in [5.41, 5.74) is 5.86. The lowest BCUT2D eigenvalue weighted by Gasteiger charge is -2.11. The van der Waals surface area contributed by atoms with Gasteiger partial charge < -0.3 is 10.5 Å². The Kier molecular flexibility index (Phi) is 4.05. The highest BCUT2D eigenvalue weighted by Gasteiger charge is 2.15. The Morgan fingerprint density at radius 1 is 1.67 bits per heavy atom. The van der Waals surface area contributed by atoms with E-state index in [1.54, 1.807) is 0 Å². The van der Waals surface area contributed by atoms with Gasteiger partial charge in [-0.3, -0.25) is 4.79 Å². The molecule has 1 rings (SSSR count). The number of hydrogen-bond donors (Lipinski definition) is 1. The van der Waals surface area contributed by atoms with E-state index in [9.17, 15) is 9.18 Å². The quantitative estimate of drug-likeness (QED) is 0.810. The van der Waals surface area contributed by atoms with Crippen LogP contribution in [0.4, 0.5) is 4.39 Å². The molecule has 5 heteroatoms. The first-order valence-electron chi connectivity index (χ1n) is 4.32. The maximum absolute atomic E-state index is 13.3. The van der Waals surface area contributed by atoms with Crippen molar-refractivity contribution in [3.8, 4) is 0 Å². The minimum atomic E-state index is -0.740. The van der Waals surface area contributed by atoms with Crippen LogP contribution in [0.15, 0.2) is 18.2 Å². The monoisotopic (exact) mass is 231 g/mol. The SMILES string of the molecule is COC(=O)C[C@H](N)c1cc(Cl)ccc1F. The zero-order chi connectivity index (χ0) is 11.4. The molecule has 0 bridgehead atoms. The van der Waals surface area contributed by atoms with Crippen LogP contribution in [0.25, 0.3) is 0 Å². The largest absolute Gasteiger partial charge is 0.469 e. The Labute approximate surface area is 92.0 Å². The second-order valence-corrected chi connectivity index (χ2v) is 3.49. The second kappa shape index (κ2) is 5.09. The molecule has 0 aromatic heterocycles. The normalized spacial score (nSPS) is 12.3. The van der Waals surface area contributed by atoms with Crippen molar-refractivity contribution in [1.82, 2.24) is 0 Å². The molecule has 3 nitrogen and oxygen atoms in total. The van der Waals surface area contributed by atoms with Gasteiger partial charge in [0.15, 0.2) is 0 Å². The molecule has 1 atom stereocenters. The highest BCUT2D eigenvalue weighted by molar-refractivity contribution is 6.30. The van der Waals surface area contributed by atoms with Crippen LogP contribution in [-0.2, 0) is 9.53 Å². The van der Waals surface area contributed by atoms with Gasteiger partial charge in [-0.2, -0.15) is 0 Å². The standard InChI is InChI=1S/C10H11ClFNO2/c1-15-10(14)5-9(13)7-4-6(11)2-3-8(7)12/h2-4,9H,5,13H2,1H3/t9-/m0/s1. The van der Waals surface area contributed by atoms with E-state index in [2.05, 4.69) is 4.74 Å². The summed E-state index contributed by atoms with van der Waals surface area (Å²) in [5.74, 6) is -0.960. The molecule has 15 heavy (non-hydrogen) atoms. The molecule has 0 aliphatic rings. The summed E-state index contributed by atoms with van der Waals surface area (Å²) < 4.78 is 17.7. The molecular formula is C10H11ClFNO2. The highest BCUT2D eigenvalue weighted by atomic mass is 35.5. The van der Waals surface area contributed by atoms with Gasteiger partial charge in [-0.05, 0) is 18.2 Å². The van der Waals surface area contributed by atoms with Crippen LogP contribution in [0.3, 0.4) is 0 Å². The molecule has 0 heterocycles. The number of esters is 1. The maximum atomic E-state index is 13.3. The first-order chi connectivity index (χ1) is 7.04. The predicted molar refractivity (Wildman–Crippen MR) is 55.0 cm³/mol. The molecule has 0 amide bonds. The fraction of sp³-hybridized carbons (Fsp3) is 0.300. The average Bonchev–Trinajstić information content (AvgIpc) is 2.21. The minimum Gasteiger partial charge on any atom is -0.469 e.